The minimum atomic E-state index is -1.16. The van der Waals surface area contributed by atoms with Crippen LogP contribution in [0.4, 0.5) is 0 Å². The molecule has 0 aromatic carbocycles. The Morgan fingerprint density at radius 2 is 1.00 bits per heavy atom. The van der Waals surface area contributed by atoms with Crippen LogP contribution in [-0.2, 0) is 85.4 Å². The van der Waals surface area contributed by atoms with Crippen LogP contribution in [-0.4, -0.2) is 198 Å². The molecule has 3 saturated carbocycles. The molecule has 81 heavy (non-hydrogen) atoms. The standard InChI is InChI=1S/C61H98O20/c1-16-30(2)58(64)77-47-24-41-40(61(65)22-20-39(31(3)62)60(47,61)10)18-17-37-23-38(19-21-59(37,41)9)76-48-26-43(67-12)54(33(5)72-48)79-50-28-45(69-14)56(35(7)74-50)81-52-29-46(70-15)57(36(8)75-52)80-51-27-44(68-13)55(34(6)73-51)78-49-25-42(66-11)53(63)32(4)71-49/h16-17,32-36,38-57,63,65H,18-29H2,1-15H3/b30-16+/t32?,33?,34?,35?,36?,38?,39?,40?,41?,42-,43-,44-,45-,46-,47?,48+,49+,50+,51+,52+,53-,54-,55-,56-,57-,59?,60?,61?/m1/s1. The summed E-state index contributed by atoms with van der Waals surface area (Å²) >= 11 is 0. The van der Waals surface area contributed by atoms with Crippen molar-refractivity contribution < 1.29 is 95.6 Å². The van der Waals surface area contributed by atoms with Gasteiger partial charge < -0.3 is 86.0 Å². The van der Waals surface area contributed by atoms with Gasteiger partial charge in [0.05, 0.1) is 72.7 Å². The van der Waals surface area contributed by atoms with Crippen molar-refractivity contribution in [2.45, 2.75) is 287 Å². The maximum atomic E-state index is 13.4. The van der Waals surface area contributed by atoms with Crippen LogP contribution >= 0.6 is 0 Å². The summed E-state index contributed by atoms with van der Waals surface area (Å²) in [4.78, 5) is 26.6. The smallest absolute Gasteiger partial charge is 0.333 e. The van der Waals surface area contributed by atoms with Gasteiger partial charge in [0.1, 0.15) is 42.4 Å². The molecule has 5 saturated heterocycles. The number of Topliss-reactive ketones (excluding diaryl/α,β-unsaturated/α-hetero) is 1. The van der Waals surface area contributed by atoms with E-state index in [1.807, 2.05) is 41.5 Å². The van der Waals surface area contributed by atoms with Gasteiger partial charge in [-0.05, 0) is 118 Å². The van der Waals surface area contributed by atoms with Crippen LogP contribution in [0.15, 0.2) is 23.3 Å². The van der Waals surface area contributed by atoms with Crippen molar-refractivity contribution in [1.82, 2.24) is 0 Å². The fraction of sp³-hybridized carbons (Fsp3) is 0.902. The molecule has 2 N–H and O–H groups in total. The van der Waals surface area contributed by atoms with Crippen molar-refractivity contribution in [3.05, 3.63) is 23.3 Å². The first-order chi connectivity index (χ1) is 38.5. The van der Waals surface area contributed by atoms with E-state index in [9.17, 15) is 19.8 Å². The first-order valence-corrected chi connectivity index (χ1v) is 30.2. The number of aliphatic hydroxyl groups is 2. The number of hydrogen-bond donors (Lipinski definition) is 2. The Labute approximate surface area is 480 Å². The van der Waals surface area contributed by atoms with Crippen molar-refractivity contribution >= 4 is 11.8 Å². The third kappa shape index (κ3) is 12.5. The molecule has 13 unspecified atom stereocenters. The van der Waals surface area contributed by atoms with Crippen molar-refractivity contribution in [2.24, 2.45) is 28.6 Å². The van der Waals surface area contributed by atoms with Crippen molar-refractivity contribution in [3.63, 3.8) is 0 Å². The number of ketones is 1. The number of allylic oxidation sites excluding steroid dienone is 2. The molecule has 0 amide bonds. The van der Waals surface area contributed by atoms with E-state index in [1.165, 1.54) is 5.57 Å². The monoisotopic (exact) mass is 1150 g/mol. The van der Waals surface area contributed by atoms with Gasteiger partial charge in [-0.2, -0.15) is 0 Å². The molecular weight excluding hydrogens is 1050 g/mol. The summed E-state index contributed by atoms with van der Waals surface area (Å²) in [6.45, 7) is 19.1. The highest BCUT2D eigenvalue weighted by Gasteiger charge is 2.71. The molecule has 0 bridgehead atoms. The van der Waals surface area contributed by atoms with Gasteiger partial charge in [0, 0.05) is 84.6 Å². The van der Waals surface area contributed by atoms with Gasteiger partial charge >= 0.3 is 5.97 Å². The first kappa shape index (κ1) is 63.4. The minimum absolute atomic E-state index is 0.0391. The van der Waals surface area contributed by atoms with Gasteiger partial charge in [-0.15, -0.1) is 0 Å². The topological polar surface area (TPSA) is 222 Å². The molecule has 28 atom stereocenters. The number of aliphatic hydroxyl groups excluding tert-OH is 1. The van der Waals surface area contributed by atoms with E-state index in [2.05, 4.69) is 13.0 Å². The second kappa shape index (κ2) is 26.1. The number of carbonyl (C=O) groups is 2. The molecule has 0 spiro atoms. The van der Waals surface area contributed by atoms with Gasteiger partial charge in [-0.1, -0.05) is 31.6 Å². The Morgan fingerprint density at radius 3 is 1.42 bits per heavy atom. The fourth-order valence-electron chi connectivity index (χ4n) is 16.1. The summed E-state index contributed by atoms with van der Waals surface area (Å²) in [6.07, 6.45) is 0.391. The summed E-state index contributed by atoms with van der Waals surface area (Å²) in [7, 11) is 8.22. The number of rotatable bonds is 18. The second-order valence-electron chi connectivity index (χ2n) is 25.4. The van der Waals surface area contributed by atoms with Crippen LogP contribution in [0.25, 0.3) is 0 Å². The van der Waals surface area contributed by atoms with E-state index >= 15 is 0 Å². The average molecular weight is 1150 g/mol. The quantitative estimate of drug-likeness (QED) is 0.0819. The first-order valence-electron chi connectivity index (χ1n) is 30.2. The fourth-order valence-corrected chi connectivity index (χ4v) is 16.1. The number of esters is 1. The van der Waals surface area contributed by atoms with Gasteiger partial charge in [0.2, 0.25) is 0 Å². The van der Waals surface area contributed by atoms with Crippen molar-refractivity contribution in [1.29, 1.82) is 0 Å². The average Bonchev–Trinajstić information content (AvgIpc) is 2.06. The molecule has 5 heterocycles. The van der Waals surface area contributed by atoms with E-state index in [0.717, 1.165) is 19.3 Å². The zero-order chi connectivity index (χ0) is 58.5. The number of ether oxygens (including phenoxy) is 16. The molecule has 20 heteroatoms. The van der Waals surface area contributed by atoms with Gasteiger partial charge in [-0.25, -0.2) is 4.79 Å². The Hall–Kier alpha value is -2.06. The number of carbonyl (C=O) groups excluding carboxylic acids is 2. The van der Waals surface area contributed by atoms with E-state index < -0.39 is 128 Å². The lowest BCUT2D eigenvalue weighted by Gasteiger charge is -2.63. The Kier molecular flexibility index (Phi) is 20.4. The molecule has 20 nitrogen and oxygen atoms in total. The minimum Gasteiger partial charge on any atom is -0.458 e. The second-order valence-corrected chi connectivity index (χ2v) is 25.4. The number of fused-ring (bicyclic) bond motifs is 5. The Morgan fingerprint density at radius 1 is 0.580 bits per heavy atom. The van der Waals surface area contributed by atoms with E-state index in [4.69, 9.17) is 75.8 Å². The molecule has 4 aliphatic carbocycles. The van der Waals surface area contributed by atoms with E-state index in [0.29, 0.717) is 63.4 Å². The van der Waals surface area contributed by atoms with Crippen molar-refractivity contribution in [3.8, 4) is 0 Å². The van der Waals surface area contributed by atoms with Crippen LogP contribution in [0, 0.1) is 28.6 Å². The summed E-state index contributed by atoms with van der Waals surface area (Å²) in [5.74, 6) is -0.746. The SMILES string of the molecule is C/C=C(\C)C(=O)OC1CC2C(CC=C3CC(O[C@H]4C[C@@H](OC)[C@H](O[C@H]5C[C@@H](OC)[C@H](O[C@H]6C[C@@H](OC)[C@H](O[C@H]7C[C@@H](OC)[C@H](O[C@H]8C[C@@H](OC)[C@H](O)C(C)O8)C(C)O7)C(C)O6)C(C)O5)C(C)O4)CCC32C)C2(O)CCC(C(C)=O)C12C. The predicted molar refractivity (Wildman–Crippen MR) is 291 cm³/mol. The van der Waals surface area contributed by atoms with Crippen LogP contribution in [0.5, 0.6) is 0 Å². The lowest BCUT2D eigenvalue weighted by atomic mass is 9.45. The molecule has 8 fully saturated rings. The highest BCUT2D eigenvalue weighted by molar-refractivity contribution is 5.88. The van der Waals surface area contributed by atoms with Crippen LogP contribution in [0.3, 0.4) is 0 Å². The molecule has 0 aromatic heterocycles. The summed E-state index contributed by atoms with van der Waals surface area (Å²) in [5.41, 5.74) is -0.462. The maximum absolute atomic E-state index is 13.4. The normalized spacial score (nSPS) is 49.5. The third-order valence-corrected chi connectivity index (χ3v) is 21.0. The predicted octanol–water partition coefficient (Wildman–Crippen LogP) is 6.79. The lowest BCUT2D eigenvalue weighted by Crippen LogP contribution is -2.66. The Bertz CT molecular complexity index is 2200. The molecule has 0 radical (unpaired) electrons. The molecule has 5 aliphatic heterocycles. The molecule has 9 rings (SSSR count). The van der Waals surface area contributed by atoms with Gasteiger partial charge in [0.25, 0.3) is 0 Å². The van der Waals surface area contributed by atoms with Gasteiger partial charge in [-0.3, -0.25) is 4.79 Å². The molecule has 0 aromatic rings. The molecule has 462 valence electrons. The van der Waals surface area contributed by atoms with Crippen molar-refractivity contribution in [2.75, 3.05) is 35.5 Å². The van der Waals surface area contributed by atoms with Gasteiger partial charge in [0.15, 0.2) is 31.5 Å². The zero-order valence-electron chi connectivity index (χ0n) is 50.8. The summed E-state index contributed by atoms with van der Waals surface area (Å²) < 4.78 is 101. The van der Waals surface area contributed by atoms with Crippen LogP contribution in [0.1, 0.15) is 146 Å². The molecular formula is C61H98O20. The van der Waals surface area contributed by atoms with Crippen LogP contribution in [0.2, 0.25) is 0 Å². The molecule has 9 aliphatic rings. The van der Waals surface area contributed by atoms with E-state index in [-0.39, 0.29) is 53.4 Å². The third-order valence-electron chi connectivity index (χ3n) is 21.0. The van der Waals surface area contributed by atoms with E-state index in [1.54, 1.807) is 62.4 Å². The highest BCUT2D eigenvalue weighted by atomic mass is 16.8. The summed E-state index contributed by atoms with van der Waals surface area (Å²) in [5, 5.41) is 23.4. The number of methoxy groups -OCH3 is 5. The highest BCUT2D eigenvalue weighted by Crippen LogP contribution is 2.69. The largest absolute Gasteiger partial charge is 0.458 e. The maximum Gasteiger partial charge on any atom is 0.333 e. The lowest BCUT2D eigenvalue weighted by molar-refractivity contribution is -0.352. The zero-order valence-corrected chi connectivity index (χ0v) is 50.8. The number of hydrogen-bond acceptors (Lipinski definition) is 20. The Balaban J connectivity index is 0.763. The summed E-state index contributed by atoms with van der Waals surface area (Å²) in [6, 6.07) is 0. The van der Waals surface area contributed by atoms with Crippen LogP contribution < -0.4 is 0 Å².